The molecule has 23 heavy (non-hydrogen) atoms. The number of carbonyl (C=O) groups is 1. The first-order valence-corrected chi connectivity index (χ1v) is 8.01. The van der Waals surface area contributed by atoms with Gasteiger partial charge in [-0.25, -0.2) is 0 Å². The summed E-state index contributed by atoms with van der Waals surface area (Å²) in [5.41, 5.74) is 2.59. The Morgan fingerprint density at radius 2 is 1.91 bits per heavy atom. The Bertz CT molecular complexity index is 730. The Kier molecular flexibility index (Phi) is 5.92. The first-order valence-electron chi connectivity index (χ1n) is 6.88. The molecule has 0 aliphatic carbocycles. The van der Waals surface area contributed by atoms with Crippen LogP contribution in [0, 0.1) is 6.92 Å². The SMILES string of the molecule is Cc1c(CN(C)CC(=O)Nc2cc(Cl)c(Cl)cc2Cl)cnn1C. The van der Waals surface area contributed by atoms with Gasteiger partial charge in [0.1, 0.15) is 0 Å². The minimum Gasteiger partial charge on any atom is -0.324 e. The van der Waals surface area contributed by atoms with Crippen molar-refractivity contribution in [1.29, 1.82) is 0 Å². The highest BCUT2D eigenvalue weighted by molar-refractivity contribution is 6.44. The first-order chi connectivity index (χ1) is 10.8. The van der Waals surface area contributed by atoms with Gasteiger partial charge < -0.3 is 5.32 Å². The van der Waals surface area contributed by atoms with Gasteiger partial charge in [-0.2, -0.15) is 5.10 Å². The monoisotopic (exact) mass is 374 g/mol. The van der Waals surface area contributed by atoms with Gasteiger partial charge >= 0.3 is 0 Å². The number of benzene rings is 1. The number of nitrogens with one attached hydrogen (secondary N) is 1. The van der Waals surface area contributed by atoms with E-state index in [9.17, 15) is 4.79 Å². The topological polar surface area (TPSA) is 50.2 Å². The molecular formula is C15H17Cl3N4O. The molecule has 0 bridgehead atoms. The standard InChI is InChI=1S/C15H17Cl3N4O/c1-9-10(6-19-22(9)3)7-21(2)8-15(23)20-14-5-12(17)11(16)4-13(14)18/h4-6H,7-8H2,1-3H3,(H,20,23). The van der Waals surface area contributed by atoms with Gasteiger partial charge in [0, 0.05) is 24.8 Å². The third-order valence-corrected chi connectivity index (χ3v) is 4.51. The minimum atomic E-state index is -0.186. The molecule has 0 fully saturated rings. The zero-order chi connectivity index (χ0) is 17.1. The number of halogens is 3. The summed E-state index contributed by atoms with van der Waals surface area (Å²) in [5.74, 6) is -0.186. The van der Waals surface area contributed by atoms with Gasteiger partial charge in [0.15, 0.2) is 0 Å². The molecule has 5 nitrogen and oxygen atoms in total. The fourth-order valence-electron chi connectivity index (χ4n) is 2.10. The predicted molar refractivity (Wildman–Crippen MR) is 94.4 cm³/mol. The molecular weight excluding hydrogens is 359 g/mol. The number of rotatable bonds is 5. The lowest BCUT2D eigenvalue weighted by molar-refractivity contribution is -0.117. The van der Waals surface area contributed by atoms with E-state index in [1.165, 1.54) is 12.1 Å². The van der Waals surface area contributed by atoms with Gasteiger partial charge in [-0.05, 0) is 26.1 Å². The highest BCUT2D eigenvalue weighted by atomic mass is 35.5. The molecule has 0 radical (unpaired) electrons. The molecule has 8 heteroatoms. The van der Waals surface area contributed by atoms with E-state index in [1.54, 1.807) is 10.9 Å². The molecule has 1 N–H and O–H groups in total. The summed E-state index contributed by atoms with van der Waals surface area (Å²) in [7, 11) is 3.75. The average Bonchev–Trinajstić information content (AvgIpc) is 2.76. The van der Waals surface area contributed by atoms with Crippen LogP contribution in [0.2, 0.25) is 15.1 Å². The molecule has 0 spiro atoms. The maximum absolute atomic E-state index is 12.1. The minimum absolute atomic E-state index is 0.186. The van der Waals surface area contributed by atoms with E-state index in [1.807, 2.05) is 25.9 Å². The van der Waals surface area contributed by atoms with Crippen LogP contribution in [0.25, 0.3) is 0 Å². The van der Waals surface area contributed by atoms with Crippen molar-refractivity contribution in [1.82, 2.24) is 14.7 Å². The van der Waals surface area contributed by atoms with Crippen LogP contribution in [0.4, 0.5) is 5.69 Å². The van der Waals surface area contributed by atoms with Crippen LogP contribution in [-0.2, 0) is 18.4 Å². The number of hydrogen-bond donors (Lipinski definition) is 1. The van der Waals surface area contributed by atoms with Gasteiger partial charge in [0.2, 0.25) is 5.91 Å². The number of anilines is 1. The van der Waals surface area contributed by atoms with E-state index >= 15 is 0 Å². The summed E-state index contributed by atoms with van der Waals surface area (Å²) in [5, 5.41) is 7.96. The molecule has 0 unspecified atom stereocenters. The normalized spacial score (nSPS) is 11.1. The van der Waals surface area contributed by atoms with Crippen LogP contribution in [0.1, 0.15) is 11.3 Å². The van der Waals surface area contributed by atoms with E-state index in [2.05, 4.69) is 10.4 Å². The Morgan fingerprint density at radius 3 is 2.52 bits per heavy atom. The summed E-state index contributed by atoms with van der Waals surface area (Å²) < 4.78 is 1.80. The van der Waals surface area contributed by atoms with E-state index < -0.39 is 0 Å². The fraction of sp³-hybridized carbons (Fsp3) is 0.333. The third-order valence-electron chi connectivity index (χ3n) is 3.47. The van der Waals surface area contributed by atoms with Crippen molar-refractivity contribution in [2.45, 2.75) is 13.5 Å². The highest BCUT2D eigenvalue weighted by Crippen LogP contribution is 2.32. The number of aromatic nitrogens is 2. The van der Waals surface area contributed by atoms with Gasteiger partial charge in [0.25, 0.3) is 0 Å². The van der Waals surface area contributed by atoms with Crippen LogP contribution in [0.3, 0.4) is 0 Å². The molecule has 1 amide bonds. The van der Waals surface area contributed by atoms with Crippen molar-refractivity contribution in [3.8, 4) is 0 Å². The maximum atomic E-state index is 12.1. The first kappa shape index (κ1) is 18.1. The zero-order valence-electron chi connectivity index (χ0n) is 13.0. The molecule has 0 saturated carbocycles. The molecule has 0 aliphatic rings. The predicted octanol–water partition coefficient (Wildman–Crippen LogP) is 3.76. The van der Waals surface area contributed by atoms with Gasteiger partial charge in [-0.1, -0.05) is 34.8 Å². The lowest BCUT2D eigenvalue weighted by Crippen LogP contribution is -2.30. The number of amides is 1. The van der Waals surface area contributed by atoms with Crippen LogP contribution >= 0.6 is 34.8 Å². The average molecular weight is 376 g/mol. The smallest absolute Gasteiger partial charge is 0.238 e. The van der Waals surface area contributed by atoms with Crippen molar-refractivity contribution < 1.29 is 4.79 Å². The Hall–Kier alpha value is -1.27. The molecule has 1 aromatic heterocycles. The summed E-state index contributed by atoms with van der Waals surface area (Å²) >= 11 is 17.9. The molecule has 0 saturated heterocycles. The Labute approximate surface area is 150 Å². The lowest BCUT2D eigenvalue weighted by atomic mass is 10.2. The number of nitrogens with zero attached hydrogens (tertiary/aromatic N) is 3. The molecule has 124 valence electrons. The number of aryl methyl sites for hydroxylation is 1. The van der Waals surface area contributed by atoms with Crippen molar-refractivity contribution in [2.75, 3.05) is 18.9 Å². The van der Waals surface area contributed by atoms with Crippen molar-refractivity contribution in [3.05, 3.63) is 44.7 Å². The molecule has 1 heterocycles. The van der Waals surface area contributed by atoms with Crippen molar-refractivity contribution in [3.63, 3.8) is 0 Å². The van der Waals surface area contributed by atoms with E-state index in [4.69, 9.17) is 34.8 Å². The van der Waals surface area contributed by atoms with Crippen LogP contribution in [0.15, 0.2) is 18.3 Å². The van der Waals surface area contributed by atoms with Gasteiger partial charge in [-0.3, -0.25) is 14.4 Å². The number of likely N-dealkylation sites (N-methyl/N-ethyl adjacent to an activating group) is 1. The number of hydrogen-bond acceptors (Lipinski definition) is 3. The van der Waals surface area contributed by atoms with Crippen molar-refractivity contribution in [2.24, 2.45) is 7.05 Å². The Balaban J connectivity index is 1.97. The van der Waals surface area contributed by atoms with Crippen LogP contribution < -0.4 is 5.32 Å². The number of carbonyl (C=O) groups excluding carboxylic acids is 1. The Morgan fingerprint density at radius 1 is 1.26 bits per heavy atom. The second kappa shape index (κ2) is 7.53. The fourth-order valence-corrected chi connectivity index (χ4v) is 2.69. The summed E-state index contributed by atoms with van der Waals surface area (Å²) in [6.45, 7) is 2.83. The summed E-state index contributed by atoms with van der Waals surface area (Å²) in [6, 6.07) is 3.04. The van der Waals surface area contributed by atoms with Crippen molar-refractivity contribution >= 4 is 46.4 Å². The van der Waals surface area contributed by atoms with E-state index in [-0.39, 0.29) is 12.5 Å². The largest absolute Gasteiger partial charge is 0.324 e. The van der Waals surface area contributed by atoms with E-state index in [0.29, 0.717) is 27.3 Å². The summed E-state index contributed by atoms with van der Waals surface area (Å²) in [4.78, 5) is 14.0. The molecule has 1 aromatic carbocycles. The van der Waals surface area contributed by atoms with Gasteiger partial charge in [0.05, 0.1) is 33.5 Å². The molecule has 0 atom stereocenters. The quantitative estimate of drug-likeness (QED) is 0.810. The molecule has 0 aliphatic heterocycles. The lowest BCUT2D eigenvalue weighted by Gasteiger charge is -2.16. The van der Waals surface area contributed by atoms with Crippen LogP contribution in [0.5, 0.6) is 0 Å². The van der Waals surface area contributed by atoms with E-state index in [0.717, 1.165) is 11.3 Å². The zero-order valence-corrected chi connectivity index (χ0v) is 15.3. The molecule has 2 rings (SSSR count). The maximum Gasteiger partial charge on any atom is 0.238 e. The van der Waals surface area contributed by atoms with Crippen LogP contribution in [-0.4, -0.2) is 34.2 Å². The highest BCUT2D eigenvalue weighted by Gasteiger charge is 2.13. The second-order valence-electron chi connectivity index (χ2n) is 5.35. The van der Waals surface area contributed by atoms with Gasteiger partial charge in [-0.15, -0.1) is 0 Å². The second-order valence-corrected chi connectivity index (χ2v) is 6.57. The molecule has 2 aromatic rings. The summed E-state index contributed by atoms with van der Waals surface area (Å²) in [6.07, 6.45) is 1.81. The third kappa shape index (κ3) is 4.61.